The highest BCUT2D eigenvalue weighted by Gasteiger charge is 2.51. The molecule has 0 atom stereocenters. The molecule has 0 bridgehead atoms. The Hall–Kier alpha value is -2.75. The summed E-state index contributed by atoms with van der Waals surface area (Å²) in [5.41, 5.74) is 2.44. The molecule has 2 amide bonds. The lowest BCUT2D eigenvalue weighted by atomic mass is 10.0. The lowest BCUT2D eigenvalue weighted by Crippen LogP contribution is -2.56. The molecule has 8 nitrogen and oxygen atoms in total. The summed E-state index contributed by atoms with van der Waals surface area (Å²) in [4.78, 5) is 27.0. The fraction of sp³-hybridized carbons (Fsp3) is 0.417. The van der Waals surface area contributed by atoms with Gasteiger partial charge < -0.3 is 15.0 Å². The number of carbonyl (C=O) groups is 2. The number of piperidine rings is 1. The number of rotatable bonds is 3. The van der Waals surface area contributed by atoms with Gasteiger partial charge in [0, 0.05) is 38.2 Å². The maximum atomic E-state index is 13.3. The van der Waals surface area contributed by atoms with Gasteiger partial charge in [0.15, 0.2) is 0 Å². The second kappa shape index (κ2) is 8.89. The van der Waals surface area contributed by atoms with Gasteiger partial charge in [-0.3, -0.25) is 9.59 Å². The number of anilines is 1. The van der Waals surface area contributed by atoms with E-state index in [1.54, 1.807) is 24.3 Å². The number of nitrogens with zero attached hydrogens (tertiary/aromatic N) is 2. The van der Waals surface area contributed by atoms with Crippen molar-refractivity contribution >= 4 is 27.5 Å². The molecule has 2 aromatic carbocycles. The van der Waals surface area contributed by atoms with E-state index in [0.29, 0.717) is 25.1 Å². The quantitative estimate of drug-likeness (QED) is 0.695. The van der Waals surface area contributed by atoms with Crippen LogP contribution in [-0.2, 0) is 24.3 Å². The first-order valence-corrected chi connectivity index (χ1v) is 12.5. The molecule has 2 aliphatic heterocycles. The van der Waals surface area contributed by atoms with Gasteiger partial charge >= 0.3 is 11.8 Å². The van der Waals surface area contributed by atoms with Crippen LogP contribution in [0.2, 0.25) is 0 Å². The summed E-state index contributed by atoms with van der Waals surface area (Å²) in [6, 6.07) is 12.4. The fourth-order valence-corrected chi connectivity index (χ4v) is 6.14. The van der Waals surface area contributed by atoms with E-state index in [0.717, 1.165) is 16.7 Å². The summed E-state index contributed by atoms with van der Waals surface area (Å²) in [7, 11) is -3.74. The monoisotopic (exact) mass is 471 g/mol. The summed E-state index contributed by atoms with van der Waals surface area (Å²) in [5, 5.41) is 2.70. The summed E-state index contributed by atoms with van der Waals surface area (Å²) in [5.74, 6) is -1.33. The Labute approximate surface area is 194 Å². The van der Waals surface area contributed by atoms with Crippen molar-refractivity contribution in [2.24, 2.45) is 0 Å². The molecule has 2 fully saturated rings. The Morgan fingerprint density at radius 2 is 1.58 bits per heavy atom. The molecule has 2 saturated heterocycles. The standard InChI is InChI=1S/C24H29N3O5S/c1-17-5-8-20(9-6-17)33(30,31)27-14-15-32-24(27)10-12-26(13-11-24)23(29)22(28)25-21-16-18(2)4-7-19(21)3/h4-9,16H,10-15H2,1-3H3,(H,25,28). The van der Waals surface area contributed by atoms with Crippen LogP contribution in [0.5, 0.6) is 0 Å². The van der Waals surface area contributed by atoms with E-state index in [-0.39, 0.29) is 24.5 Å². The number of sulfonamides is 1. The molecule has 0 unspecified atom stereocenters. The van der Waals surface area contributed by atoms with Crippen LogP contribution >= 0.6 is 0 Å². The molecular weight excluding hydrogens is 442 g/mol. The third kappa shape index (κ3) is 4.53. The van der Waals surface area contributed by atoms with Crippen LogP contribution in [0.4, 0.5) is 5.69 Å². The maximum absolute atomic E-state index is 13.3. The largest absolute Gasteiger partial charge is 0.358 e. The normalized spacial score (nSPS) is 18.5. The van der Waals surface area contributed by atoms with Crippen molar-refractivity contribution in [3.63, 3.8) is 0 Å². The molecule has 33 heavy (non-hydrogen) atoms. The molecule has 0 aliphatic carbocycles. The number of hydrogen-bond acceptors (Lipinski definition) is 5. The molecule has 2 aromatic rings. The molecule has 2 aliphatic rings. The highest BCUT2D eigenvalue weighted by atomic mass is 32.2. The third-order valence-corrected chi connectivity index (χ3v) is 8.36. The number of ether oxygens (including phenoxy) is 1. The second-order valence-corrected chi connectivity index (χ2v) is 10.6. The molecule has 1 N–H and O–H groups in total. The first-order chi connectivity index (χ1) is 15.6. The van der Waals surface area contributed by atoms with E-state index < -0.39 is 27.6 Å². The lowest BCUT2D eigenvalue weighted by Gasteiger charge is -2.42. The van der Waals surface area contributed by atoms with Crippen LogP contribution in [0.25, 0.3) is 0 Å². The number of benzene rings is 2. The predicted molar refractivity (Wildman–Crippen MR) is 124 cm³/mol. The van der Waals surface area contributed by atoms with E-state index in [1.807, 2.05) is 39.0 Å². The molecule has 2 heterocycles. The minimum absolute atomic E-state index is 0.226. The van der Waals surface area contributed by atoms with Crippen LogP contribution in [0.1, 0.15) is 29.5 Å². The molecule has 176 valence electrons. The van der Waals surface area contributed by atoms with Gasteiger partial charge in [0.1, 0.15) is 5.72 Å². The van der Waals surface area contributed by atoms with Gasteiger partial charge in [-0.25, -0.2) is 8.42 Å². The number of hydrogen-bond donors (Lipinski definition) is 1. The van der Waals surface area contributed by atoms with Crippen molar-refractivity contribution in [1.82, 2.24) is 9.21 Å². The van der Waals surface area contributed by atoms with Crippen LogP contribution in [-0.4, -0.2) is 61.4 Å². The highest BCUT2D eigenvalue weighted by Crippen LogP contribution is 2.38. The zero-order valence-corrected chi connectivity index (χ0v) is 19.9. The van der Waals surface area contributed by atoms with Gasteiger partial charge in [-0.1, -0.05) is 29.8 Å². The number of nitrogens with one attached hydrogen (secondary N) is 1. The van der Waals surface area contributed by atoms with Crippen molar-refractivity contribution in [3.8, 4) is 0 Å². The average Bonchev–Trinajstić information content (AvgIpc) is 3.20. The third-order valence-electron chi connectivity index (χ3n) is 6.40. The number of aryl methyl sites for hydroxylation is 3. The summed E-state index contributed by atoms with van der Waals surface area (Å²) >= 11 is 0. The Kier molecular flexibility index (Phi) is 6.30. The second-order valence-electron chi connectivity index (χ2n) is 8.75. The maximum Gasteiger partial charge on any atom is 0.313 e. The topological polar surface area (TPSA) is 96.0 Å². The molecule has 9 heteroatoms. The van der Waals surface area contributed by atoms with Crippen molar-refractivity contribution in [2.75, 3.05) is 31.6 Å². The smallest absolute Gasteiger partial charge is 0.313 e. The number of amides is 2. The first-order valence-electron chi connectivity index (χ1n) is 11.0. The van der Waals surface area contributed by atoms with Crippen molar-refractivity contribution in [2.45, 2.75) is 44.2 Å². The summed E-state index contributed by atoms with van der Waals surface area (Å²) in [6.45, 7) is 6.71. The number of carbonyl (C=O) groups excluding carboxylic acids is 2. The van der Waals surface area contributed by atoms with Crippen molar-refractivity contribution in [3.05, 3.63) is 59.2 Å². The van der Waals surface area contributed by atoms with E-state index in [1.165, 1.54) is 9.21 Å². The van der Waals surface area contributed by atoms with Gasteiger partial charge in [0.25, 0.3) is 0 Å². The minimum Gasteiger partial charge on any atom is -0.358 e. The Bertz CT molecular complexity index is 1170. The average molecular weight is 472 g/mol. The van der Waals surface area contributed by atoms with Crippen LogP contribution in [0, 0.1) is 20.8 Å². The Morgan fingerprint density at radius 3 is 2.24 bits per heavy atom. The van der Waals surface area contributed by atoms with Gasteiger partial charge in [-0.05, 0) is 50.1 Å². The van der Waals surface area contributed by atoms with Crippen molar-refractivity contribution in [1.29, 1.82) is 0 Å². The predicted octanol–water partition coefficient (Wildman–Crippen LogP) is 2.59. The van der Waals surface area contributed by atoms with E-state index in [9.17, 15) is 18.0 Å². The molecule has 0 aromatic heterocycles. The van der Waals surface area contributed by atoms with Crippen LogP contribution in [0.15, 0.2) is 47.4 Å². The van der Waals surface area contributed by atoms with E-state index in [4.69, 9.17) is 4.74 Å². The molecule has 1 spiro atoms. The summed E-state index contributed by atoms with van der Waals surface area (Å²) in [6.07, 6.45) is 0.612. The van der Waals surface area contributed by atoms with Gasteiger partial charge in [0.2, 0.25) is 10.0 Å². The Morgan fingerprint density at radius 1 is 0.939 bits per heavy atom. The van der Waals surface area contributed by atoms with Crippen molar-refractivity contribution < 1.29 is 22.7 Å². The van der Waals surface area contributed by atoms with E-state index in [2.05, 4.69) is 5.32 Å². The van der Waals surface area contributed by atoms with E-state index >= 15 is 0 Å². The minimum atomic E-state index is -3.74. The molecule has 0 radical (unpaired) electrons. The van der Waals surface area contributed by atoms with Gasteiger partial charge in [-0.2, -0.15) is 4.31 Å². The van der Waals surface area contributed by atoms with Crippen LogP contribution < -0.4 is 5.32 Å². The van der Waals surface area contributed by atoms with Crippen LogP contribution in [0.3, 0.4) is 0 Å². The lowest BCUT2D eigenvalue weighted by molar-refractivity contribution is -0.148. The fourth-order valence-electron chi connectivity index (χ4n) is 4.41. The molecule has 4 rings (SSSR count). The number of likely N-dealkylation sites (tertiary alicyclic amines) is 1. The van der Waals surface area contributed by atoms with Gasteiger partial charge in [-0.15, -0.1) is 0 Å². The summed E-state index contributed by atoms with van der Waals surface area (Å²) < 4.78 is 34.0. The first kappa shape index (κ1) is 23.4. The molecule has 0 saturated carbocycles. The molecular formula is C24H29N3O5S. The van der Waals surface area contributed by atoms with Gasteiger partial charge in [0.05, 0.1) is 11.5 Å². The SMILES string of the molecule is Cc1ccc(S(=O)(=O)N2CCOC23CCN(C(=O)C(=O)Nc2cc(C)ccc2C)CC3)cc1. The Balaban J connectivity index is 1.44. The zero-order valence-electron chi connectivity index (χ0n) is 19.1. The zero-order chi connectivity index (χ0) is 23.8. The highest BCUT2D eigenvalue weighted by molar-refractivity contribution is 7.89.